The molecule has 7 heteroatoms. The van der Waals surface area contributed by atoms with Crippen LogP contribution in [-0.2, 0) is 26.4 Å². The van der Waals surface area contributed by atoms with Gasteiger partial charge in [-0.2, -0.15) is 13.0 Å². The lowest BCUT2D eigenvalue weighted by molar-refractivity contribution is -0.438. The fourth-order valence-corrected chi connectivity index (χ4v) is 10.2. The number of hydrogen-bond donors (Lipinski definition) is 1. The summed E-state index contributed by atoms with van der Waals surface area (Å²) in [6.07, 6.45) is 16.0. The van der Waals surface area contributed by atoms with Crippen molar-refractivity contribution in [2.24, 2.45) is 0 Å². The van der Waals surface area contributed by atoms with Crippen molar-refractivity contribution in [1.29, 1.82) is 0 Å². The largest absolute Gasteiger partial charge is 0.344 e. The van der Waals surface area contributed by atoms with Gasteiger partial charge in [-0.1, -0.05) is 120 Å². The Balaban J connectivity index is 1.43. The summed E-state index contributed by atoms with van der Waals surface area (Å²) in [6.45, 7) is 20.1. The molecule has 2 heterocycles. The zero-order chi connectivity index (χ0) is 39.6. The van der Waals surface area contributed by atoms with Crippen LogP contribution in [0, 0.1) is 0 Å². The highest BCUT2D eigenvalue weighted by Gasteiger charge is 2.44. The quantitative estimate of drug-likeness (QED) is 0.106. The molecule has 3 aromatic carbocycles. The molecule has 0 spiro atoms. The van der Waals surface area contributed by atoms with Gasteiger partial charge in [0.1, 0.15) is 6.54 Å². The van der Waals surface area contributed by atoms with Crippen molar-refractivity contribution in [3.05, 3.63) is 136 Å². The number of rotatable bonds is 13. The monoisotopic (exact) mass is 777 g/mol. The molecule has 0 amide bonds. The number of thioether (sulfide) groups is 1. The maximum atomic E-state index is 11.5. The lowest BCUT2D eigenvalue weighted by atomic mass is 9.81. The van der Waals surface area contributed by atoms with Crippen molar-refractivity contribution in [3.8, 4) is 0 Å². The maximum Gasteiger partial charge on any atom is 0.264 e. The smallest absolute Gasteiger partial charge is 0.264 e. The standard InChI is InChI=1S/C48H60N2O3S2/c1-9-10-32-49-41-22-13-11-20-39(41)47(5,6)43(49)30-24-35-18-17-19-36(45(35)54-38-28-26-37(27-29-38)46(2,3)4)25-31-44-48(7,8)40-21-12-14-23-42(40)50(44)33-15-16-34-55(51,52)53/h11-14,20-31H,9-10,15-19,32-34H2,1-8H3/p+1. The third-order valence-corrected chi connectivity index (χ3v) is 13.7. The summed E-state index contributed by atoms with van der Waals surface area (Å²) >= 11 is 1.89. The fraction of sp³-hybridized carbons (Fsp3) is 0.438. The summed E-state index contributed by atoms with van der Waals surface area (Å²) < 4.78 is 34.7. The molecular weight excluding hydrogens is 717 g/mol. The summed E-state index contributed by atoms with van der Waals surface area (Å²) in [5, 5.41) is 0. The number of para-hydroxylation sites is 2. The first-order chi connectivity index (χ1) is 26.0. The first-order valence-corrected chi connectivity index (χ1v) is 22.6. The summed E-state index contributed by atoms with van der Waals surface area (Å²) in [7, 11) is -3.99. The van der Waals surface area contributed by atoms with Crippen molar-refractivity contribution in [2.45, 2.75) is 121 Å². The molecule has 0 radical (unpaired) electrons. The van der Waals surface area contributed by atoms with Crippen LogP contribution in [0.25, 0.3) is 0 Å². The zero-order valence-electron chi connectivity index (χ0n) is 34.3. The Bertz CT molecular complexity index is 2160. The number of allylic oxidation sites excluding steroid dienone is 7. The van der Waals surface area contributed by atoms with Crippen LogP contribution in [0.2, 0.25) is 0 Å². The second-order valence-electron chi connectivity index (χ2n) is 17.5. The van der Waals surface area contributed by atoms with E-state index < -0.39 is 10.1 Å². The van der Waals surface area contributed by atoms with Gasteiger partial charge in [-0.3, -0.25) is 4.55 Å². The molecule has 0 saturated carbocycles. The second-order valence-corrected chi connectivity index (χ2v) is 20.1. The van der Waals surface area contributed by atoms with Crippen LogP contribution in [0.4, 0.5) is 11.4 Å². The van der Waals surface area contributed by atoms with Crippen LogP contribution >= 0.6 is 11.8 Å². The molecule has 2 aliphatic heterocycles. The molecule has 0 unspecified atom stereocenters. The first-order valence-electron chi connectivity index (χ1n) is 20.2. The normalized spacial score (nSPS) is 19.6. The predicted octanol–water partition coefficient (Wildman–Crippen LogP) is 12.2. The van der Waals surface area contributed by atoms with Crippen LogP contribution in [-0.4, -0.2) is 42.1 Å². The van der Waals surface area contributed by atoms with E-state index >= 15 is 0 Å². The van der Waals surface area contributed by atoms with Crippen molar-refractivity contribution in [1.82, 2.24) is 0 Å². The van der Waals surface area contributed by atoms with Gasteiger partial charge in [-0.25, -0.2) is 0 Å². The van der Waals surface area contributed by atoms with Gasteiger partial charge >= 0.3 is 0 Å². The third-order valence-electron chi connectivity index (χ3n) is 11.7. The van der Waals surface area contributed by atoms with E-state index in [0.717, 1.165) is 38.6 Å². The van der Waals surface area contributed by atoms with Crippen LogP contribution in [0.1, 0.15) is 117 Å². The van der Waals surface area contributed by atoms with Gasteiger partial charge < -0.3 is 4.90 Å². The average Bonchev–Trinajstić information content (AvgIpc) is 3.48. The second kappa shape index (κ2) is 16.4. The zero-order valence-corrected chi connectivity index (χ0v) is 35.9. The molecule has 0 bridgehead atoms. The van der Waals surface area contributed by atoms with E-state index in [4.69, 9.17) is 0 Å². The molecule has 292 valence electrons. The molecule has 6 rings (SSSR count). The molecule has 0 aromatic heterocycles. The van der Waals surface area contributed by atoms with Gasteiger partial charge in [-0.05, 0) is 97.9 Å². The third kappa shape index (κ3) is 9.00. The van der Waals surface area contributed by atoms with E-state index in [-0.39, 0.29) is 22.0 Å². The van der Waals surface area contributed by atoms with Gasteiger partial charge in [0.25, 0.3) is 10.1 Å². The number of nitrogens with zero attached hydrogens (tertiary/aromatic N) is 2. The Morgan fingerprint density at radius 1 is 0.836 bits per heavy atom. The Morgan fingerprint density at radius 3 is 2.22 bits per heavy atom. The first kappa shape index (κ1) is 41.0. The van der Waals surface area contributed by atoms with Crippen LogP contribution in [0.3, 0.4) is 0 Å². The van der Waals surface area contributed by atoms with E-state index in [2.05, 4.69) is 162 Å². The Labute approximate surface area is 335 Å². The molecule has 3 aromatic rings. The van der Waals surface area contributed by atoms with E-state index in [1.165, 1.54) is 60.4 Å². The summed E-state index contributed by atoms with van der Waals surface area (Å²) in [6, 6.07) is 26.6. The van der Waals surface area contributed by atoms with Crippen molar-refractivity contribution >= 4 is 39.0 Å². The van der Waals surface area contributed by atoms with Gasteiger partial charge in [0.15, 0.2) is 5.71 Å². The van der Waals surface area contributed by atoms with Gasteiger partial charge in [0.2, 0.25) is 5.69 Å². The Hall–Kier alpha value is -3.65. The number of unbranched alkanes of at least 4 members (excludes halogenated alkanes) is 2. The Kier molecular flexibility index (Phi) is 12.3. The highest BCUT2D eigenvalue weighted by Crippen LogP contribution is 2.49. The molecule has 55 heavy (non-hydrogen) atoms. The molecule has 1 aliphatic carbocycles. The van der Waals surface area contributed by atoms with E-state index in [9.17, 15) is 13.0 Å². The van der Waals surface area contributed by atoms with Crippen LogP contribution in [0.5, 0.6) is 0 Å². The lowest BCUT2D eigenvalue weighted by Gasteiger charge is -2.27. The minimum Gasteiger partial charge on any atom is -0.344 e. The van der Waals surface area contributed by atoms with E-state index in [0.29, 0.717) is 19.4 Å². The molecule has 0 fully saturated rings. The SMILES string of the molecule is CCCCN1/C(=C/C=C2\CCCC(/C=C/C3=[N+](CCCCS(=O)(=O)O)c4ccccc4C3(C)C)=C2Sc2ccc(C(C)(C)C)cc2)C(C)(C)c2ccccc21. The molecule has 3 aliphatic rings. The predicted molar refractivity (Wildman–Crippen MR) is 234 cm³/mol. The van der Waals surface area contributed by atoms with Gasteiger partial charge in [0, 0.05) is 57.3 Å². The molecule has 5 nitrogen and oxygen atoms in total. The van der Waals surface area contributed by atoms with E-state index in [1.54, 1.807) is 0 Å². The highest BCUT2D eigenvalue weighted by molar-refractivity contribution is 8.03. The van der Waals surface area contributed by atoms with Gasteiger partial charge in [0.05, 0.1) is 11.2 Å². The highest BCUT2D eigenvalue weighted by atomic mass is 32.2. The topological polar surface area (TPSA) is 60.6 Å². The number of benzene rings is 3. The molecule has 0 saturated heterocycles. The van der Waals surface area contributed by atoms with Crippen LogP contribution in [0.15, 0.2) is 124 Å². The molecular formula is C48H61N2O3S2+. The minimum atomic E-state index is -3.99. The number of fused-ring (bicyclic) bond motifs is 2. The molecule has 1 N–H and O–H groups in total. The fourth-order valence-electron chi connectivity index (χ4n) is 8.49. The van der Waals surface area contributed by atoms with Crippen molar-refractivity contribution in [2.75, 3.05) is 23.7 Å². The Morgan fingerprint density at radius 2 is 1.53 bits per heavy atom. The summed E-state index contributed by atoms with van der Waals surface area (Å²) in [4.78, 5) is 5.14. The van der Waals surface area contributed by atoms with Gasteiger partial charge in [-0.15, -0.1) is 0 Å². The minimum absolute atomic E-state index is 0.0921. The summed E-state index contributed by atoms with van der Waals surface area (Å²) in [5.74, 6) is -0.216. The number of hydrogen-bond acceptors (Lipinski definition) is 4. The van der Waals surface area contributed by atoms with Crippen LogP contribution < -0.4 is 4.90 Å². The van der Waals surface area contributed by atoms with Crippen molar-refractivity contribution < 1.29 is 17.5 Å². The van der Waals surface area contributed by atoms with E-state index in [1.807, 2.05) is 11.8 Å². The van der Waals surface area contributed by atoms with Crippen molar-refractivity contribution in [3.63, 3.8) is 0 Å². The average molecular weight is 778 g/mol. The maximum absolute atomic E-state index is 11.5. The lowest BCUT2D eigenvalue weighted by Crippen LogP contribution is -2.28. The molecule has 0 atom stereocenters. The number of anilines is 1. The summed E-state index contributed by atoms with van der Waals surface area (Å²) in [5.41, 5.74) is 11.6.